The molecule has 0 atom stereocenters. The van der Waals surface area contributed by atoms with Gasteiger partial charge >= 0.3 is 0 Å². The number of nitriles is 1. The van der Waals surface area contributed by atoms with Gasteiger partial charge in [-0.05, 0) is 18.2 Å². The molecule has 13 heavy (non-hydrogen) atoms. The van der Waals surface area contributed by atoms with Gasteiger partial charge < -0.3 is 4.74 Å². The van der Waals surface area contributed by atoms with E-state index in [9.17, 15) is 4.39 Å². The number of benzene rings is 1. The van der Waals surface area contributed by atoms with Gasteiger partial charge in [-0.1, -0.05) is 0 Å². The number of ether oxygens (including phenoxy) is 1. The summed E-state index contributed by atoms with van der Waals surface area (Å²) in [5.41, 5.74) is 0.288. The van der Waals surface area contributed by atoms with Crippen LogP contribution >= 0.6 is 12.6 Å². The van der Waals surface area contributed by atoms with Crippen LogP contribution in [0.15, 0.2) is 18.2 Å². The Morgan fingerprint density at radius 1 is 1.54 bits per heavy atom. The van der Waals surface area contributed by atoms with Crippen LogP contribution in [0.25, 0.3) is 0 Å². The van der Waals surface area contributed by atoms with Crippen molar-refractivity contribution in [2.45, 2.75) is 0 Å². The molecule has 2 nitrogen and oxygen atoms in total. The van der Waals surface area contributed by atoms with Crippen LogP contribution < -0.4 is 4.74 Å². The van der Waals surface area contributed by atoms with E-state index >= 15 is 0 Å². The fourth-order valence-electron chi connectivity index (χ4n) is 0.843. The van der Waals surface area contributed by atoms with Gasteiger partial charge in [0.05, 0.1) is 18.2 Å². The third-order valence-corrected chi connectivity index (χ3v) is 1.59. The molecule has 0 heterocycles. The molecule has 0 spiro atoms. The standard InChI is InChI=1S/C9H8FNOS/c10-8-5-7(6-11)1-2-9(8)12-3-4-13/h1-2,5,13H,3-4H2. The van der Waals surface area contributed by atoms with E-state index in [1.807, 2.05) is 6.07 Å². The lowest BCUT2D eigenvalue weighted by molar-refractivity contribution is 0.325. The average molecular weight is 197 g/mol. The van der Waals surface area contributed by atoms with Crippen molar-refractivity contribution in [1.29, 1.82) is 5.26 Å². The quantitative estimate of drug-likeness (QED) is 0.752. The van der Waals surface area contributed by atoms with Gasteiger partial charge in [0.15, 0.2) is 11.6 Å². The van der Waals surface area contributed by atoms with E-state index in [-0.39, 0.29) is 11.3 Å². The second kappa shape index (κ2) is 4.73. The number of thiol groups is 1. The molecule has 0 N–H and O–H groups in total. The molecule has 68 valence electrons. The molecule has 1 aromatic carbocycles. The number of rotatable bonds is 3. The molecule has 0 amide bonds. The van der Waals surface area contributed by atoms with Crippen molar-refractivity contribution < 1.29 is 9.13 Å². The normalized spacial score (nSPS) is 9.31. The van der Waals surface area contributed by atoms with Crippen LogP contribution in [0.5, 0.6) is 5.75 Å². The van der Waals surface area contributed by atoms with Crippen molar-refractivity contribution in [3.05, 3.63) is 29.6 Å². The van der Waals surface area contributed by atoms with Crippen molar-refractivity contribution in [2.24, 2.45) is 0 Å². The highest BCUT2D eigenvalue weighted by Gasteiger charge is 2.03. The zero-order valence-corrected chi connectivity index (χ0v) is 7.72. The zero-order chi connectivity index (χ0) is 9.68. The Hall–Kier alpha value is -1.21. The zero-order valence-electron chi connectivity index (χ0n) is 6.83. The molecular formula is C9H8FNOS. The van der Waals surface area contributed by atoms with E-state index in [4.69, 9.17) is 10.00 Å². The Kier molecular flexibility index (Phi) is 3.59. The van der Waals surface area contributed by atoms with E-state index in [1.54, 1.807) is 0 Å². The summed E-state index contributed by atoms with van der Waals surface area (Å²) in [7, 11) is 0. The van der Waals surface area contributed by atoms with Crippen molar-refractivity contribution in [3.8, 4) is 11.8 Å². The summed E-state index contributed by atoms with van der Waals surface area (Å²) >= 11 is 3.92. The fraction of sp³-hybridized carbons (Fsp3) is 0.222. The Balaban J connectivity index is 2.81. The van der Waals surface area contributed by atoms with Crippen LogP contribution in [0.1, 0.15) is 5.56 Å². The van der Waals surface area contributed by atoms with Crippen LogP contribution in [-0.4, -0.2) is 12.4 Å². The Morgan fingerprint density at radius 3 is 2.85 bits per heavy atom. The Morgan fingerprint density at radius 2 is 2.31 bits per heavy atom. The Bertz CT molecular complexity index is 335. The third kappa shape index (κ3) is 2.63. The second-order valence-corrected chi connectivity index (χ2v) is 2.78. The summed E-state index contributed by atoms with van der Waals surface area (Å²) in [6.07, 6.45) is 0. The first-order valence-corrected chi connectivity index (χ1v) is 4.34. The van der Waals surface area contributed by atoms with Crippen LogP contribution in [0, 0.1) is 17.1 Å². The molecule has 0 bridgehead atoms. The molecule has 0 unspecified atom stereocenters. The van der Waals surface area contributed by atoms with Crippen LogP contribution in [0.3, 0.4) is 0 Å². The van der Waals surface area contributed by atoms with Crippen LogP contribution in [0.2, 0.25) is 0 Å². The van der Waals surface area contributed by atoms with Gasteiger partial charge in [-0.25, -0.2) is 4.39 Å². The summed E-state index contributed by atoms with van der Waals surface area (Å²) in [4.78, 5) is 0. The van der Waals surface area contributed by atoms with Crippen molar-refractivity contribution in [2.75, 3.05) is 12.4 Å². The SMILES string of the molecule is N#Cc1ccc(OCCS)c(F)c1. The van der Waals surface area contributed by atoms with E-state index in [0.29, 0.717) is 12.4 Å². The molecule has 0 saturated carbocycles. The van der Waals surface area contributed by atoms with Gasteiger partial charge in [0.2, 0.25) is 0 Å². The van der Waals surface area contributed by atoms with Crippen molar-refractivity contribution in [3.63, 3.8) is 0 Å². The van der Waals surface area contributed by atoms with Gasteiger partial charge in [-0.2, -0.15) is 17.9 Å². The van der Waals surface area contributed by atoms with Gasteiger partial charge in [-0.3, -0.25) is 0 Å². The third-order valence-electron chi connectivity index (χ3n) is 1.41. The maximum Gasteiger partial charge on any atom is 0.166 e. The molecule has 0 aliphatic rings. The van der Waals surface area contributed by atoms with E-state index in [0.717, 1.165) is 6.07 Å². The summed E-state index contributed by atoms with van der Waals surface area (Å²) < 4.78 is 18.1. The lowest BCUT2D eigenvalue weighted by atomic mass is 10.2. The molecule has 0 aliphatic carbocycles. The molecule has 1 rings (SSSR count). The lowest BCUT2D eigenvalue weighted by Crippen LogP contribution is -2.00. The molecule has 0 saturated heterocycles. The number of nitrogens with zero attached hydrogens (tertiary/aromatic N) is 1. The van der Waals surface area contributed by atoms with E-state index in [1.165, 1.54) is 12.1 Å². The predicted molar refractivity (Wildman–Crippen MR) is 50.5 cm³/mol. The van der Waals surface area contributed by atoms with E-state index < -0.39 is 5.82 Å². The minimum atomic E-state index is -0.513. The smallest absolute Gasteiger partial charge is 0.166 e. The summed E-state index contributed by atoms with van der Waals surface area (Å²) in [5.74, 6) is 0.174. The maximum absolute atomic E-state index is 13.1. The first-order chi connectivity index (χ1) is 6.27. The highest BCUT2D eigenvalue weighted by molar-refractivity contribution is 7.80. The minimum absolute atomic E-state index is 0.160. The average Bonchev–Trinajstić information content (AvgIpc) is 2.16. The van der Waals surface area contributed by atoms with Gasteiger partial charge in [0, 0.05) is 5.75 Å². The lowest BCUT2D eigenvalue weighted by Gasteiger charge is -2.04. The maximum atomic E-state index is 13.1. The molecule has 0 aromatic heterocycles. The number of halogens is 1. The predicted octanol–water partition coefficient (Wildman–Crippen LogP) is 2.01. The van der Waals surface area contributed by atoms with Gasteiger partial charge in [-0.15, -0.1) is 0 Å². The highest BCUT2D eigenvalue weighted by Crippen LogP contribution is 2.17. The summed E-state index contributed by atoms with van der Waals surface area (Å²) in [5, 5.41) is 8.46. The van der Waals surface area contributed by atoms with E-state index in [2.05, 4.69) is 12.6 Å². The monoisotopic (exact) mass is 197 g/mol. The second-order valence-electron chi connectivity index (χ2n) is 2.33. The highest BCUT2D eigenvalue weighted by atomic mass is 32.1. The molecule has 0 aliphatic heterocycles. The topological polar surface area (TPSA) is 33.0 Å². The van der Waals surface area contributed by atoms with Crippen molar-refractivity contribution >= 4 is 12.6 Å². The number of hydrogen-bond acceptors (Lipinski definition) is 3. The first kappa shape index (κ1) is 9.87. The molecule has 0 fully saturated rings. The molecule has 1 aromatic rings. The Labute approximate surface area is 81.4 Å². The van der Waals surface area contributed by atoms with Crippen LogP contribution in [-0.2, 0) is 0 Å². The first-order valence-electron chi connectivity index (χ1n) is 3.71. The largest absolute Gasteiger partial charge is 0.490 e. The van der Waals surface area contributed by atoms with Crippen LogP contribution in [0.4, 0.5) is 4.39 Å². The molecule has 4 heteroatoms. The van der Waals surface area contributed by atoms with Crippen molar-refractivity contribution in [1.82, 2.24) is 0 Å². The van der Waals surface area contributed by atoms with Gasteiger partial charge in [0.1, 0.15) is 0 Å². The molecular weight excluding hydrogens is 189 g/mol. The fourth-order valence-corrected chi connectivity index (χ4v) is 0.934. The molecule has 0 radical (unpaired) electrons. The summed E-state index contributed by atoms with van der Waals surface area (Å²) in [6, 6.07) is 5.94. The summed E-state index contributed by atoms with van der Waals surface area (Å²) in [6.45, 7) is 0.353. The van der Waals surface area contributed by atoms with Gasteiger partial charge in [0.25, 0.3) is 0 Å². The minimum Gasteiger partial charge on any atom is -0.490 e. The number of hydrogen-bond donors (Lipinski definition) is 1.